The van der Waals surface area contributed by atoms with Crippen LogP contribution in [0.25, 0.3) is 0 Å². The molecule has 0 aliphatic heterocycles. The molecule has 0 saturated heterocycles. The van der Waals surface area contributed by atoms with Crippen molar-refractivity contribution in [3.05, 3.63) is 64.7 Å². The molecule has 0 heterocycles. The van der Waals surface area contributed by atoms with Gasteiger partial charge in [0.1, 0.15) is 12.4 Å². The summed E-state index contributed by atoms with van der Waals surface area (Å²) in [6.07, 6.45) is 2.79. The Morgan fingerprint density at radius 2 is 1.90 bits per heavy atom. The SMILES string of the molecule is Cc1ccc(COc2cccc3c2CCCC3=NO)cc1. The molecule has 3 nitrogen and oxygen atoms in total. The number of aryl methyl sites for hydroxylation is 1. The lowest BCUT2D eigenvalue weighted by molar-refractivity contribution is 0.301. The van der Waals surface area contributed by atoms with Gasteiger partial charge in [-0.05, 0) is 37.8 Å². The topological polar surface area (TPSA) is 41.8 Å². The predicted molar refractivity (Wildman–Crippen MR) is 83.2 cm³/mol. The number of hydrogen-bond donors (Lipinski definition) is 1. The zero-order valence-corrected chi connectivity index (χ0v) is 12.2. The number of nitrogens with zero attached hydrogens (tertiary/aromatic N) is 1. The minimum atomic E-state index is 0.558. The Bertz CT molecular complexity index is 659. The van der Waals surface area contributed by atoms with Gasteiger partial charge in [0.25, 0.3) is 0 Å². The van der Waals surface area contributed by atoms with E-state index in [0.29, 0.717) is 6.61 Å². The molecule has 0 atom stereocenters. The Morgan fingerprint density at radius 1 is 1.10 bits per heavy atom. The quantitative estimate of drug-likeness (QED) is 0.680. The second kappa shape index (κ2) is 6.00. The Balaban J connectivity index is 1.81. The molecule has 2 aromatic rings. The van der Waals surface area contributed by atoms with Gasteiger partial charge in [0.05, 0.1) is 5.71 Å². The molecule has 108 valence electrons. The smallest absolute Gasteiger partial charge is 0.123 e. The van der Waals surface area contributed by atoms with Crippen molar-refractivity contribution in [3.63, 3.8) is 0 Å². The fourth-order valence-corrected chi connectivity index (χ4v) is 2.75. The van der Waals surface area contributed by atoms with Gasteiger partial charge in [-0.1, -0.05) is 47.1 Å². The van der Waals surface area contributed by atoms with E-state index in [1.54, 1.807) is 0 Å². The number of ether oxygens (including phenoxy) is 1. The minimum absolute atomic E-state index is 0.558. The van der Waals surface area contributed by atoms with Crippen LogP contribution in [0.3, 0.4) is 0 Å². The maximum absolute atomic E-state index is 9.11. The van der Waals surface area contributed by atoms with Crippen LogP contribution in [-0.2, 0) is 13.0 Å². The Kier molecular flexibility index (Phi) is 3.91. The van der Waals surface area contributed by atoms with E-state index < -0.39 is 0 Å². The highest BCUT2D eigenvalue weighted by atomic mass is 16.5. The lowest BCUT2D eigenvalue weighted by atomic mass is 9.89. The van der Waals surface area contributed by atoms with Crippen molar-refractivity contribution in [2.24, 2.45) is 5.16 Å². The molecule has 0 aromatic heterocycles. The molecular formula is C18H19NO2. The summed E-state index contributed by atoms with van der Waals surface area (Å²) in [7, 11) is 0. The lowest BCUT2D eigenvalue weighted by Crippen LogP contribution is -2.13. The summed E-state index contributed by atoms with van der Waals surface area (Å²) in [4.78, 5) is 0. The summed E-state index contributed by atoms with van der Waals surface area (Å²) in [5.41, 5.74) is 5.34. The van der Waals surface area contributed by atoms with Crippen molar-refractivity contribution in [1.82, 2.24) is 0 Å². The molecule has 1 aliphatic rings. The zero-order valence-electron chi connectivity index (χ0n) is 12.2. The fraction of sp³-hybridized carbons (Fsp3) is 0.278. The summed E-state index contributed by atoms with van der Waals surface area (Å²) in [6.45, 7) is 2.64. The highest BCUT2D eigenvalue weighted by molar-refractivity contribution is 6.02. The summed E-state index contributed by atoms with van der Waals surface area (Å²) in [6, 6.07) is 14.3. The molecule has 1 N–H and O–H groups in total. The third-order valence-electron chi connectivity index (χ3n) is 3.92. The van der Waals surface area contributed by atoms with Gasteiger partial charge in [0.2, 0.25) is 0 Å². The van der Waals surface area contributed by atoms with Gasteiger partial charge < -0.3 is 9.94 Å². The number of fused-ring (bicyclic) bond motifs is 1. The van der Waals surface area contributed by atoms with Gasteiger partial charge in [0.15, 0.2) is 0 Å². The summed E-state index contributed by atoms with van der Waals surface area (Å²) >= 11 is 0. The molecule has 1 aliphatic carbocycles. The molecule has 0 radical (unpaired) electrons. The largest absolute Gasteiger partial charge is 0.489 e. The van der Waals surface area contributed by atoms with Crippen molar-refractivity contribution < 1.29 is 9.94 Å². The van der Waals surface area contributed by atoms with E-state index in [2.05, 4.69) is 36.3 Å². The van der Waals surface area contributed by atoms with Crippen LogP contribution in [0.1, 0.15) is 35.1 Å². The maximum atomic E-state index is 9.11. The van der Waals surface area contributed by atoms with E-state index in [4.69, 9.17) is 9.94 Å². The Morgan fingerprint density at radius 3 is 2.67 bits per heavy atom. The van der Waals surface area contributed by atoms with Gasteiger partial charge in [0, 0.05) is 11.1 Å². The van der Waals surface area contributed by atoms with Crippen LogP contribution in [-0.4, -0.2) is 10.9 Å². The average molecular weight is 281 g/mol. The van der Waals surface area contributed by atoms with Crippen LogP contribution in [0.2, 0.25) is 0 Å². The van der Waals surface area contributed by atoms with Gasteiger partial charge in [-0.3, -0.25) is 0 Å². The molecule has 2 aromatic carbocycles. The van der Waals surface area contributed by atoms with E-state index in [9.17, 15) is 0 Å². The Hall–Kier alpha value is -2.29. The first-order valence-electron chi connectivity index (χ1n) is 7.29. The van der Waals surface area contributed by atoms with Crippen LogP contribution in [0.5, 0.6) is 5.75 Å². The number of hydrogen-bond acceptors (Lipinski definition) is 3. The first-order chi connectivity index (χ1) is 10.3. The monoisotopic (exact) mass is 281 g/mol. The van der Waals surface area contributed by atoms with E-state index in [-0.39, 0.29) is 0 Å². The molecule has 0 spiro atoms. The highest BCUT2D eigenvalue weighted by Crippen LogP contribution is 2.30. The molecule has 0 amide bonds. The summed E-state index contributed by atoms with van der Waals surface area (Å²) in [5.74, 6) is 0.897. The normalized spacial score (nSPS) is 15.8. The van der Waals surface area contributed by atoms with Crippen LogP contribution in [0.4, 0.5) is 0 Å². The Labute approximate surface area is 124 Å². The van der Waals surface area contributed by atoms with Crippen LogP contribution in [0, 0.1) is 6.92 Å². The number of benzene rings is 2. The van der Waals surface area contributed by atoms with Gasteiger partial charge in [-0.2, -0.15) is 0 Å². The van der Waals surface area contributed by atoms with Crippen molar-refractivity contribution in [3.8, 4) is 5.75 Å². The van der Waals surface area contributed by atoms with Crippen molar-refractivity contribution >= 4 is 5.71 Å². The standard InChI is InChI=1S/C18H19NO2/c1-13-8-10-14(11-9-13)12-21-18-7-3-4-15-16(18)5-2-6-17(15)19-20/h3-4,7-11,20H,2,5-6,12H2,1H3. The molecule has 0 saturated carbocycles. The second-order valence-corrected chi connectivity index (χ2v) is 5.46. The van der Waals surface area contributed by atoms with Crippen molar-refractivity contribution in [1.29, 1.82) is 0 Å². The second-order valence-electron chi connectivity index (χ2n) is 5.46. The molecule has 0 unspecified atom stereocenters. The number of oxime groups is 1. The summed E-state index contributed by atoms with van der Waals surface area (Å²) in [5, 5.41) is 12.5. The fourth-order valence-electron chi connectivity index (χ4n) is 2.75. The molecule has 3 rings (SSSR count). The van der Waals surface area contributed by atoms with Crippen molar-refractivity contribution in [2.45, 2.75) is 32.8 Å². The summed E-state index contributed by atoms with van der Waals surface area (Å²) < 4.78 is 5.99. The first kappa shape index (κ1) is 13.7. The van der Waals surface area contributed by atoms with E-state index >= 15 is 0 Å². The lowest BCUT2D eigenvalue weighted by Gasteiger charge is -2.20. The zero-order chi connectivity index (χ0) is 14.7. The third-order valence-corrected chi connectivity index (χ3v) is 3.92. The van der Waals surface area contributed by atoms with E-state index in [1.807, 2.05) is 18.2 Å². The van der Waals surface area contributed by atoms with Crippen LogP contribution >= 0.6 is 0 Å². The minimum Gasteiger partial charge on any atom is -0.489 e. The predicted octanol–water partition coefficient (Wildman–Crippen LogP) is 4.09. The van der Waals surface area contributed by atoms with Crippen LogP contribution in [0.15, 0.2) is 47.6 Å². The molecular weight excluding hydrogens is 262 g/mol. The molecule has 0 bridgehead atoms. The highest BCUT2D eigenvalue weighted by Gasteiger charge is 2.19. The van der Waals surface area contributed by atoms with Gasteiger partial charge in [-0.25, -0.2) is 0 Å². The van der Waals surface area contributed by atoms with Crippen molar-refractivity contribution in [2.75, 3.05) is 0 Å². The number of rotatable bonds is 3. The average Bonchev–Trinajstić information content (AvgIpc) is 2.53. The van der Waals surface area contributed by atoms with E-state index in [0.717, 1.165) is 47.4 Å². The first-order valence-corrected chi connectivity index (χ1v) is 7.29. The van der Waals surface area contributed by atoms with Gasteiger partial charge in [-0.15, -0.1) is 0 Å². The van der Waals surface area contributed by atoms with E-state index in [1.165, 1.54) is 5.56 Å². The van der Waals surface area contributed by atoms with Crippen LogP contribution < -0.4 is 4.74 Å². The molecule has 0 fully saturated rings. The molecule has 3 heteroatoms. The van der Waals surface area contributed by atoms with Gasteiger partial charge >= 0.3 is 0 Å². The third kappa shape index (κ3) is 2.92. The molecule has 21 heavy (non-hydrogen) atoms. The maximum Gasteiger partial charge on any atom is 0.123 e.